The fraction of sp³-hybridized carbons (Fsp3) is 0.222. The highest BCUT2D eigenvalue weighted by Crippen LogP contribution is 2.00. The van der Waals surface area contributed by atoms with E-state index >= 15 is 0 Å². The Bertz CT molecular complexity index is 361. The zero-order valence-electron chi connectivity index (χ0n) is 7.93. The molecular formula is C9H11N3O3. The number of nitrogens with zero attached hydrogens (tertiary/aromatic N) is 1. The van der Waals surface area contributed by atoms with Gasteiger partial charge in [-0.05, 0) is 12.1 Å². The first-order chi connectivity index (χ1) is 7.09. The molecule has 0 saturated carbocycles. The second-order valence-corrected chi connectivity index (χ2v) is 2.88. The predicted octanol–water partition coefficient (Wildman–Crippen LogP) is -0.132. The summed E-state index contributed by atoms with van der Waals surface area (Å²) in [6.45, 7) is 0.0836. The van der Waals surface area contributed by atoms with Crippen LogP contribution in [0.25, 0.3) is 0 Å². The first-order valence-electron chi connectivity index (χ1n) is 4.31. The minimum atomic E-state index is -0.958. The molecule has 0 atom stereocenters. The molecule has 0 unspecified atom stereocenters. The number of rotatable bonds is 4. The number of pyridine rings is 1. The van der Waals surface area contributed by atoms with Crippen molar-refractivity contribution in [2.24, 2.45) is 0 Å². The van der Waals surface area contributed by atoms with Gasteiger partial charge >= 0.3 is 5.97 Å². The van der Waals surface area contributed by atoms with E-state index in [1.165, 1.54) is 12.3 Å². The van der Waals surface area contributed by atoms with Gasteiger partial charge in [-0.3, -0.25) is 9.59 Å². The number of aromatic nitrogens is 1. The van der Waals surface area contributed by atoms with Crippen molar-refractivity contribution in [2.75, 3.05) is 12.3 Å². The van der Waals surface area contributed by atoms with Gasteiger partial charge in [-0.1, -0.05) is 0 Å². The molecule has 1 heterocycles. The van der Waals surface area contributed by atoms with Gasteiger partial charge in [0.1, 0.15) is 5.69 Å². The molecule has 6 nitrogen and oxygen atoms in total. The van der Waals surface area contributed by atoms with E-state index in [1.54, 1.807) is 6.07 Å². The molecule has 0 bridgehead atoms. The average Bonchev–Trinajstić information content (AvgIpc) is 2.18. The zero-order chi connectivity index (χ0) is 11.3. The summed E-state index contributed by atoms with van der Waals surface area (Å²) in [7, 11) is 0. The number of aliphatic carboxylic acids is 1. The lowest BCUT2D eigenvalue weighted by Gasteiger charge is -2.02. The first-order valence-corrected chi connectivity index (χ1v) is 4.31. The highest BCUT2D eigenvalue weighted by atomic mass is 16.4. The summed E-state index contributed by atoms with van der Waals surface area (Å²) in [5.74, 6) is -1.36. The summed E-state index contributed by atoms with van der Waals surface area (Å²) < 4.78 is 0. The Labute approximate surface area is 86.1 Å². The second-order valence-electron chi connectivity index (χ2n) is 2.88. The number of nitrogens with two attached hydrogens (primary N) is 1. The van der Waals surface area contributed by atoms with Crippen LogP contribution in [-0.2, 0) is 4.79 Å². The number of carbonyl (C=O) groups is 2. The SMILES string of the molecule is Nc1ccc(C(=O)NCCC(=O)O)nc1. The lowest BCUT2D eigenvalue weighted by molar-refractivity contribution is -0.136. The van der Waals surface area contributed by atoms with Crippen molar-refractivity contribution in [3.63, 3.8) is 0 Å². The van der Waals surface area contributed by atoms with Crippen LogP contribution in [0.1, 0.15) is 16.9 Å². The van der Waals surface area contributed by atoms with Crippen molar-refractivity contribution < 1.29 is 14.7 Å². The van der Waals surface area contributed by atoms with Gasteiger partial charge in [0, 0.05) is 6.54 Å². The molecule has 1 rings (SSSR count). The molecule has 0 aliphatic carbocycles. The summed E-state index contributed by atoms with van der Waals surface area (Å²) in [6, 6.07) is 3.03. The smallest absolute Gasteiger partial charge is 0.305 e. The number of amides is 1. The average molecular weight is 209 g/mol. The Morgan fingerprint density at radius 3 is 2.73 bits per heavy atom. The Balaban J connectivity index is 2.47. The number of carboxylic acids is 1. The van der Waals surface area contributed by atoms with Gasteiger partial charge < -0.3 is 16.2 Å². The van der Waals surface area contributed by atoms with Crippen LogP contribution in [0.4, 0.5) is 5.69 Å². The number of hydrogen-bond acceptors (Lipinski definition) is 4. The first kappa shape index (κ1) is 11.0. The van der Waals surface area contributed by atoms with Crippen LogP contribution in [0.15, 0.2) is 18.3 Å². The van der Waals surface area contributed by atoms with E-state index in [1.807, 2.05) is 0 Å². The molecule has 1 aromatic rings. The summed E-state index contributed by atoms with van der Waals surface area (Å²) in [4.78, 5) is 25.3. The number of carbonyl (C=O) groups excluding carboxylic acids is 1. The molecule has 6 heteroatoms. The molecule has 80 valence electrons. The largest absolute Gasteiger partial charge is 0.481 e. The highest BCUT2D eigenvalue weighted by molar-refractivity contribution is 5.92. The van der Waals surface area contributed by atoms with Crippen LogP contribution < -0.4 is 11.1 Å². The Morgan fingerprint density at radius 2 is 2.20 bits per heavy atom. The monoisotopic (exact) mass is 209 g/mol. The predicted molar refractivity (Wildman–Crippen MR) is 53.2 cm³/mol. The second kappa shape index (κ2) is 4.94. The molecule has 0 radical (unpaired) electrons. The van der Waals surface area contributed by atoms with Crippen LogP contribution in [0.2, 0.25) is 0 Å². The molecule has 15 heavy (non-hydrogen) atoms. The van der Waals surface area contributed by atoms with Crippen LogP contribution in [0.3, 0.4) is 0 Å². The van der Waals surface area contributed by atoms with Crippen molar-refractivity contribution in [1.82, 2.24) is 10.3 Å². The zero-order valence-corrected chi connectivity index (χ0v) is 7.93. The van der Waals surface area contributed by atoms with Gasteiger partial charge in [0.2, 0.25) is 0 Å². The Kier molecular flexibility index (Phi) is 3.61. The lowest BCUT2D eigenvalue weighted by atomic mass is 10.3. The van der Waals surface area contributed by atoms with Crippen LogP contribution >= 0.6 is 0 Å². The number of hydrogen-bond donors (Lipinski definition) is 3. The van der Waals surface area contributed by atoms with Gasteiger partial charge in [0.05, 0.1) is 18.3 Å². The van der Waals surface area contributed by atoms with Crippen molar-refractivity contribution in [3.05, 3.63) is 24.0 Å². The van der Waals surface area contributed by atoms with E-state index in [0.717, 1.165) is 0 Å². The quantitative estimate of drug-likeness (QED) is 0.640. The molecule has 1 amide bonds. The van der Waals surface area contributed by atoms with E-state index in [4.69, 9.17) is 10.8 Å². The maximum absolute atomic E-state index is 11.3. The third-order valence-electron chi connectivity index (χ3n) is 1.64. The molecule has 0 aromatic carbocycles. The molecular weight excluding hydrogens is 198 g/mol. The van der Waals surface area contributed by atoms with Crippen LogP contribution in [0.5, 0.6) is 0 Å². The molecule has 0 saturated heterocycles. The fourth-order valence-electron chi connectivity index (χ4n) is 0.913. The molecule has 0 aliphatic rings. The molecule has 1 aromatic heterocycles. The summed E-state index contributed by atoms with van der Waals surface area (Å²) in [6.07, 6.45) is 1.26. The van der Waals surface area contributed by atoms with Gasteiger partial charge in [-0.15, -0.1) is 0 Å². The number of nitrogens with one attached hydrogen (secondary N) is 1. The lowest BCUT2D eigenvalue weighted by Crippen LogP contribution is -2.26. The van der Waals surface area contributed by atoms with E-state index in [-0.39, 0.29) is 18.7 Å². The van der Waals surface area contributed by atoms with Gasteiger partial charge in [-0.2, -0.15) is 0 Å². The van der Waals surface area contributed by atoms with Gasteiger partial charge in [0.15, 0.2) is 0 Å². The highest BCUT2D eigenvalue weighted by Gasteiger charge is 2.06. The van der Waals surface area contributed by atoms with Crippen molar-refractivity contribution in [1.29, 1.82) is 0 Å². The minimum absolute atomic E-state index is 0.0836. The third kappa shape index (κ3) is 3.63. The molecule has 0 spiro atoms. The third-order valence-corrected chi connectivity index (χ3v) is 1.64. The van der Waals surface area contributed by atoms with Crippen LogP contribution in [0, 0.1) is 0 Å². The van der Waals surface area contributed by atoms with E-state index < -0.39 is 11.9 Å². The number of carboxylic acid groups (broad SMARTS) is 1. The van der Waals surface area contributed by atoms with Crippen LogP contribution in [-0.4, -0.2) is 28.5 Å². The van der Waals surface area contributed by atoms with Crippen molar-refractivity contribution in [3.8, 4) is 0 Å². The normalized spacial score (nSPS) is 9.60. The van der Waals surface area contributed by atoms with Crippen molar-refractivity contribution in [2.45, 2.75) is 6.42 Å². The maximum atomic E-state index is 11.3. The van der Waals surface area contributed by atoms with Gasteiger partial charge in [-0.25, -0.2) is 4.98 Å². The van der Waals surface area contributed by atoms with E-state index in [2.05, 4.69) is 10.3 Å². The van der Waals surface area contributed by atoms with E-state index in [0.29, 0.717) is 5.69 Å². The summed E-state index contributed by atoms with van der Waals surface area (Å²) in [5.41, 5.74) is 6.08. The number of anilines is 1. The molecule has 0 aliphatic heterocycles. The summed E-state index contributed by atoms with van der Waals surface area (Å²) >= 11 is 0. The summed E-state index contributed by atoms with van der Waals surface area (Å²) in [5, 5.41) is 10.8. The van der Waals surface area contributed by atoms with Crippen molar-refractivity contribution >= 4 is 17.6 Å². The fourth-order valence-corrected chi connectivity index (χ4v) is 0.913. The molecule has 0 fully saturated rings. The number of nitrogen functional groups attached to an aromatic ring is 1. The molecule has 4 N–H and O–H groups in total. The Hall–Kier alpha value is -2.11. The Morgan fingerprint density at radius 1 is 1.47 bits per heavy atom. The topological polar surface area (TPSA) is 105 Å². The van der Waals surface area contributed by atoms with E-state index in [9.17, 15) is 9.59 Å². The van der Waals surface area contributed by atoms with Gasteiger partial charge in [0.25, 0.3) is 5.91 Å². The standard InChI is InChI=1S/C9H11N3O3/c10-6-1-2-7(12-5-6)9(15)11-4-3-8(13)14/h1-2,5H,3-4,10H2,(H,11,15)(H,13,14). The minimum Gasteiger partial charge on any atom is -0.481 e. The maximum Gasteiger partial charge on any atom is 0.305 e.